The van der Waals surface area contributed by atoms with Crippen LogP contribution < -0.4 is 0 Å². The Morgan fingerprint density at radius 1 is 1.13 bits per heavy atom. The van der Waals surface area contributed by atoms with E-state index in [2.05, 4.69) is 26.2 Å². The van der Waals surface area contributed by atoms with Gasteiger partial charge in [-0.15, -0.1) is 11.3 Å². The van der Waals surface area contributed by atoms with Crippen molar-refractivity contribution in [2.24, 2.45) is 0 Å². The van der Waals surface area contributed by atoms with Gasteiger partial charge in [-0.05, 0) is 30.9 Å². The summed E-state index contributed by atoms with van der Waals surface area (Å²) in [4.78, 5) is 11.6. The van der Waals surface area contributed by atoms with Crippen LogP contribution in [0.3, 0.4) is 0 Å². The van der Waals surface area contributed by atoms with E-state index in [4.69, 9.17) is 0 Å². The molecular formula is C15H13F3N4S. The molecule has 0 spiro atoms. The molecule has 0 saturated heterocycles. The van der Waals surface area contributed by atoms with Crippen molar-refractivity contribution in [2.75, 3.05) is 0 Å². The maximum atomic E-state index is 9.67. The van der Waals surface area contributed by atoms with Crippen molar-refractivity contribution in [1.82, 2.24) is 20.2 Å². The first-order valence-electron chi connectivity index (χ1n) is 7.09. The molecule has 4 nitrogen and oxygen atoms in total. The molecule has 1 aliphatic rings. The molecule has 4 rings (SSSR count). The van der Waals surface area contributed by atoms with E-state index in [1.807, 2.05) is 12.3 Å². The first-order chi connectivity index (χ1) is 11.1. The summed E-state index contributed by atoms with van der Waals surface area (Å²) in [6.07, 6.45) is 9.27. The third-order valence-corrected chi connectivity index (χ3v) is 4.85. The first-order valence-corrected chi connectivity index (χ1v) is 7.91. The average Bonchev–Trinajstić information content (AvgIpc) is 2.87. The number of alkyl halides is 3. The van der Waals surface area contributed by atoms with Crippen LogP contribution in [0.15, 0.2) is 30.7 Å². The van der Waals surface area contributed by atoms with Gasteiger partial charge in [-0.2, -0.15) is 23.4 Å². The molecule has 0 amide bonds. The molecule has 1 aliphatic carbocycles. The number of halogens is 3. The Kier molecular flexibility index (Phi) is 4.80. The van der Waals surface area contributed by atoms with Gasteiger partial charge >= 0.3 is 6.68 Å². The van der Waals surface area contributed by atoms with Crippen LogP contribution >= 0.6 is 11.3 Å². The van der Waals surface area contributed by atoms with E-state index in [1.54, 1.807) is 23.7 Å². The van der Waals surface area contributed by atoms with Crippen LogP contribution in [0.25, 0.3) is 21.6 Å². The highest BCUT2D eigenvalue weighted by Gasteiger charge is 2.22. The topological polar surface area (TPSA) is 51.6 Å². The summed E-state index contributed by atoms with van der Waals surface area (Å²) in [5.41, 5.74) is 0.912. The molecule has 23 heavy (non-hydrogen) atoms. The van der Waals surface area contributed by atoms with E-state index in [-0.39, 0.29) is 0 Å². The predicted molar refractivity (Wildman–Crippen MR) is 82.1 cm³/mol. The first kappa shape index (κ1) is 15.8. The highest BCUT2D eigenvalue weighted by Crippen LogP contribution is 2.41. The van der Waals surface area contributed by atoms with Crippen LogP contribution in [0.1, 0.15) is 30.1 Å². The van der Waals surface area contributed by atoms with Gasteiger partial charge in [0.2, 0.25) is 0 Å². The molecule has 3 aromatic rings. The van der Waals surface area contributed by atoms with Crippen LogP contribution in [-0.2, 0) is 0 Å². The summed E-state index contributed by atoms with van der Waals surface area (Å²) in [5, 5.41) is 8.80. The molecule has 0 aliphatic heterocycles. The van der Waals surface area contributed by atoms with Crippen molar-refractivity contribution >= 4 is 21.6 Å². The van der Waals surface area contributed by atoms with Crippen molar-refractivity contribution in [3.63, 3.8) is 0 Å². The number of hydrogen-bond donors (Lipinski definition) is 0. The Morgan fingerprint density at radius 3 is 2.52 bits per heavy atom. The molecule has 120 valence electrons. The fourth-order valence-corrected chi connectivity index (χ4v) is 3.48. The second-order valence-electron chi connectivity index (χ2n) is 5.11. The number of fused-ring (bicyclic) bond motifs is 1. The minimum absolute atomic E-state index is 0.726. The van der Waals surface area contributed by atoms with Gasteiger partial charge in [-0.1, -0.05) is 6.42 Å². The van der Waals surface area contributed by atoms with Gasteiger partial charge in [-0.25, -0.2) is 9.97 Å². The lowest BCUT2D eigenvalue weighted by molar-refractivity contribution is 0.00819. The number of nitrogens with zero attached hydrogens (tertiary/aromatic N) is 4. The van der Waals surface area contributed by atoms with Crippen LogP contribution in [0.2, 0.25) is 0 Å². The summed E-state index contributed by atoms with van der Waals surface area (Å²) in [7, 11) is 0. The maximum Gasteiger partial charge on any atom is 0.379 e. The number of aromatic nitrogens is 4. The molecule has 1 fully saturated rings. The molecule has 0 unspecified atom stereocenters. The fourth-order valence-electron chi connectivity index (χ4n) is 2.31. The molecular weight excluding hydrogens is 325 g/mol. The number of rotatable bonds is 2. The Balaban J connectivity index is 0.000000354. The van der Waals surface area contributed by atoms with Crippen molar-refractivity contribution in [3.8, 4) is 11.4 Å². The highest BCUT2D eigenvalue weighted by molar-refractivity contribution is 7.18. The van der Waals surface area contributed by atoms with Gasteiger partial charge in [0.05, 0.1) is 12.4 Å². The molecule has 0 bridgehead atoms. The zero-order chi connectivity index (χ0) is 16.2. The van der Waals surface area contributed by atoms with Crippen LogP contribution in [0.5, 0.6) is 0 Å². The zero-order valence-electron chi connectivity index (χ0n) is 12.0. The second kappa shape index (κ2) is 6.99. The molecule has 0 N–H and O–H groups in total. The van der Waals surface area contributed by atoms with Crippen molar-refractivity contribution in [1.29, 1.82) is 0 Å². The van der Waals surface area contributed by atoms with Crippen LogP contribution in [0.4, 0.5) is 13.2 Å². The molecule has 1 saturated carbocycles. The van der Waals surface area contributed by atoms with Crippen molar-refractivity contribution in [2.45, 2.75) is 31.9 Å². The highest BCUT2D eigenvalue weighted by atomic mass is 32.1. The third-order valence-electron chi connectivity index (χ3n) is 3.64. The van der Waals surface area contributed by atoms with Crippen LogP contribution in [-0.4, -0.2) is 26.8 Å². The SMILES string of the molecule is FC(F)F.c1cc(-c2ncc3cc(C4CCC4)sc3n2)cnn1. The van der Waals surface area contributed by atoms with E-state index < -0.39 is 6.68 Å². The average molecular weight is 338 g/mol. The molecule has 0 radical (unpaired) electrons. The van der Waals surface area contributed by atoms with E-state index >= 15 is 0 Å². The fraction of sp³-hybridized carbons (Fsp3) is 0.333. The minimum Gasteiger partial charge on any atom is -0.236 e. The minimum atomic E-state index is -3.67. The van der Waals surface area contributed by atoms with Gasteiger partial charge < -0.3 is 0 Å². The van der Waals surface area contributed by atoms with Crippen LogP contribution in [0, 0.1) is 0 Å². The smallest absolute Gasteiger partial charge is 0.236 e. The molecule has 0 aromatic carbocycles. The van der Waals surface area contributed by atoms with Gasteiger partial charge in [0.25, 0.3) is 0 Å². The number of thiophene rings is 1. The van der Waals surface area contributed by atoms with E-state index in [9.17, 15) is 13.2 Å². The summed E-state index contributed by atoms with van der Waals surface area (Å²) in [6.45, 7) is -3.67. The monoisotopic (exact) mass is 338 g/mol. The van der Waals surface area contributed by atoms with Gasteiger partial charge in [-0.3, -0.25) is 0 Å². The van der Waals surface area contributed by atoms with E-state index in [0.29, 0.717) is 0 Å². The van der Waals surface area contributed by atoms with Gasteiger partial charge in [0.15, 0.2) is 5.82 Å². The molecule has 3 aromatic heterocycles. The molecule has 8 heteroatoms. The van der Waals surface area contributed by atoms with Crippen molar-refractivity contribution in [3.05, 3.63) is 35.6 Å². The van der Waals surface area contributed by atoms with Gasteiger partial charge in [0, 0.05) is 22.0 Å². The van der Waals surface area contributed by atoms with Crippen molar-refractivity contribution < 1.29 is 13.2 Å². The van der Waals surface area contributed by atoms with E-state index in [1.165, 1.54) is 24.1 Å². The quantitative estimate of drug-likeness (QED) is 0.685. The Labute approximate surface area is 134 Å². The lowest BCUT2D eigenvalue weighted by atomic mass is 9.84. The number of hydrogen-bond acceptors (Lipinski definition) is 5. The summed E-state index contributed by atoms with van der Waals surface area (Å²) >= 11 is 1.80. The standard InChI is InChI=1S/C14H12N4S.CHF3/c1-2-9(3-1)12-6-11-7-15-13(18-14(11)19-12)10-4-5-16-17-8-10;2-1(3)4/h4-9H,1-3H2;1H. The lowest BCUT2D eigenvalue weighted by Gasteiger charge is -2.23. The largest absolute Gasteiger partial charge is 0.379 e. The Hall–Kier alpha value is -2.09. The second-order valence-corrected chi connectivity index (χ2v) is 6.17. The summed E-state index contributed by atoms with van der Waals surface area (Å²) in [5.74, 6) is 1.48. The predicted octanol–water partition coefficient (Wildman–Crippen LogP) is 4.59. The van der Waals surface area contributed by atoms with E-state index in [0.717, 1.165) is 27.5 Å². The molecule has 3 heterocycles. The molecule has 0 atom stereocenters. The lowest BCUT2D eigenvalue weighted by Crippen LogP contribution is -2.06. The van der Waals surface area contributed by atoms with Gasteiger partial charge in [0.1, 0.15) is 4.83 Å². The zero-order valence-corrected chi connectivity index (χ0v) is 12.8. The summed E-state index contributed by atoms with van der Waals surface area (Å²) in [6, 6.07) is 4.13. The Bertz CT molecular complexity index is 772. The maximum absolute atomic E-state index is 9.67. The normalized spacial score (nSPS) is 14.4. The Morgan fingerprint density at radius 2 is 1.91 bits per heavy atom. The summed E-state index contributed by atoms with van der Waals surface area (Å²) < 4.78 is 29.0. The third kappa shape index (κ3) is 3.82.